The number of carbonyl (C=O) groups is 1. The van der Waals surface area contributed by atoms with Gasteiger partial charge in [-0.15, -0.1) is 0 Å². The standard InChI is InChI=1S/C15H22N2O3/c1-10(2)11-4-3-5-12(8-11)19-9-13-6-7-14(20-13)15(18)17-16/h3-5,8,10,13-14H,6-7,9,16H2,1-2H3,(H,17,18). The molecule has 1 amide bonds. The predicted octanol–water partition coefficient (Wildman–Crippen LogP) is 1.73. The van der Waals surface area contributed by atoms with Gasteiger partial charge in [-0.3, -0.25) is 10.2 Å². The fourth-order valence-corrected chi connectivity index (χ4v) is 2.27. The maximum atomic E-state index is 11.4. The van der Waals surface area contributed by atoms with E-state index < -0.39 is 6.10 Å². The molecule has 0 bridgehead atoms. The van der Waals surface area contributed by atoms with E-state index in [4.69, 9.17) is 15.3 Å². The van der Waals surface area contributed by atoms with Crippen molar-refractivity contribution in [3.63, 3.8) is 0 Å². The van der Waals surface area contributed by atoms with E-state index in [9.17, 15) is 4.79 Å². The van der Waals surface area contributed by atoms with Crippen LogP contribution in [0.15, 0.2) is 24.3 Å². The Kier molecular flexibility index (Phi) is 4.98. The molecule has 1 saturated heterocycles. The zero-order valence-electron chi connectivity index (χ0n) is 12.0. The average molecular weight is 278 g/mol. The van der Waals surface area contributed by atoms with E-state index in [1.54, 1.807) is 0 Å². The number of nitrogens with two attached hydrogens (primary N) is 1. The van der Waals surface area contributed by atoms with Gasteiger partial charge in [0.2, 0.25) is 0 Å². The van der Waals surface area contributed by atoms with Gasteiger partial charge in [-0.1, -0.05) is 26.0 Å². The third-order valence-corrected chi connectivity index (χ3v) is 3.50. The number of benzene rings is 1. The molecule has 110 valence electrons. The Morgan fingerprint density at radius 3 is 3.00 bits per heavy atom. The second-order valence-corrected chi connectivity index (χ2v) is 5.37. The first-order valence-corrected chi connectivity index (χ1v) is 6.99. The monoisotopic (exact) mass is 278 g/mol. The summed E-state index contributed by atoms with van der Waals surface area (Å²) in [6.07, 6.45) is 0.987. The third-order valence-electron chi connectivity index (χ3n) is 3.50. The summed E-state index contributed by atoms with van der Waals surface area (Å²) in [5, 5.41) is 0. The molecule has 0 saturated carbocycles. The first-order chi connectivity index (χ1) is 9.60. The van der Waals surface area contributed by atoms with Gasteiger partial charge in [0.25, 0.3) is 5.91 Å². The van der Waals surface area contributed by atoms with Crippen LogP contribution in [0.3, 0.4) is 0 Å². The molecule has 2 atom stereocenters. The molecule has 1 aromatic carbocycles. The van der Waals surface area contributed by atoms with Crippen molar-refractivity contribution in [1.82, 2.24) is 5.43 Å². The molecule has 1 aliphatic rings. The fourth-order valence-electron chi connectivity index (χ4n) is 2.27. The number of rotatable bonds is 5. The Hall–Kier alpha value is -1.59. The van der Waals surface area contributed by atoms with Crippen LogP contribution < -0.4 is 16.0 Å². The van der Waals surface area contributed by atoms with E-state index in [1.807, 2.05) is 18.2 Å². The summed E-state index contributed by atoms with van der Waals surface area (Å²) in [6.45, 7) is 4.75. The van der Waals surface area contributed by atoms with Crippen LogP contribution >= 0.6 is 0 Å². The summed E-state index contributed by atoms with van der Waals surface area (Å²) < 4.78 is 11.4. The van der Waals surface area contributed by atoms with Crippen LogP contribution in [-0.2, 0) is 9.53 Å². The number of nitrogens with one attached hydrogen (secondary N) is 1. The van der Waals surface area contributed by atoms with E-state index in [1.165, 1.54) is 5.56 Å². The van der Waals surface area contributed by atoms with Gasteiger partial charge < -0.3 is 9.47 Å². The van der Waals surface area contributed by atoms with Gasteiger partial charge in [0.15, 0.2) is 0 Å². The summed E-state index contributed by atoms with van der Waals surface area (Å²) in [5.74, 6) is 6.14. The lowest BCUT2D eigenvalue weighted by molar-refractivity contribution is -0.132. The number of ether oxygens (including phenoxy) is 2. The van der Waals surface area contributed by atoms with E-state index in [0.29, 0.717) is 18.9 Å². The van der Waals surface area contributed by atoms with Gasteiger partial charge in [-0.2, -0.15) is 0 Å². The molecule has 0 aromatic heterocycles. The van der Waals surface area contributed by atoms with E-state index in [-0.39, 0.29) is 12.0 Å². The van der Waals surface area contributed by atoms with Crippen molar-refractivity contribution in [2.45, 2.75) is 44.8 Å². The molecular weight excluding hydrogens is 256 g/mol. The van der Waals surface area contributed by atoms with Gasteiger partial charge >= 0.3 is 0 Å². The quantitative estimate of drug-likeness (QED) is 0.489. The summed E-state index contributed by atoms with van der Waals surface area (Å²) in [5.41, 5.74) is 3.36. The number of hydrazine groups is 1. The van der Waals surface area contributed by atoms with Crippen molar-refractivity contribution < 1.29 is 14.3 Å². The van der Waals surface area contributed by atoms with Crippen LogP contribution in [0.4, 0.5) is 0 Å². The molecule has 1 heterocycles. The van der Waals surface area contributed by atoms with Crippen LogP contribution in [0.2, 0.25) is 0 Å². The van der Waals surface area contributed by atoms with Gasteiger partial charge in [-0.25, -0.2) is 5.84 Å². The van der Waals surface area contributed by atoms with E-state index in [0.717, 1.165) is 12.2 Å². The minimum absolute atomic E-state index is 0.0555. The number of hydrogen-bond donors (Lipinski definition) is 2. The molecule has 2 unspecified atom stereocenters. The molecule has 5 nitrogen and oxygen atoms in total. The van der Waals surface area contributed by atoms with Crippen LogP contribution in [0, 0.1) is 0 Å². The number of carbonyl (C=O) groups excluding carboxylic acids is 1. The number of hydrogen-bond acceptors (Lipinski definition) is 4. The van der Waals surface area contributed by atoms with Gasteiger partial charge in [0.1, 0.15) is 18.5 Å². The fraction of sp³-hybridized carbons (Fsp3) is 0.533. The summed E-state index contributed by atoms with van der Waals surface area (Å²) in [4.78, 5) is 11.4. The van der Waals surface area contributed by atoms with Crippen LogP contribution in [0.25, 0.3) is 0 Å². The minimum Gasteiger partial charge on any atom is -0.491 e. The van der Waals surface area contributed by atoms with Crippen LogP contribution in [0.1, 0.15) is 38.2 Å². The lowest BCUT2D eigenvalue weighted by atomic mass is 10.0. The molecule has 1 aliphatic heterocycles. The van der Waals surface area contributed by atoms with Crippen molar-refractivity contribution in [1.29, 1.82) is 0 Å². The summed E-state index contributed by atoms with van der Waals surface area (Å²) >= 11 is 0. The molecule has 0 radical (unpaired) electrons. The van der Waals surface area contributed by atoms with Crippen molar-refractivity contribution in [3.05, 3.63) is 29.8 Å². The molecule has 5 heteroatoms. The topological polar surface area (TPSA) is 73.6 Å². The Labute approximate surface area is 119 Å². The second kappa shape index (κ2) is 6.72. The third kappa shape index (κ3) is 3.71. The Morgan fingerprint density at radius 1 is 1.50 bits per heavy atom. The molecule has 0 aliphatic carbocycles. The Morgan fingerprint density at radius 2 is 2.30 bits per heavy atom. The normalized spacial score (nSPS) is 22.0. The maximum Gasteiger partial charge on any atom is 0.263 e. The molecule has 0 spiro atoms. The van der Waals surface area contributed by atoms with Crippen LogP contribution in [-0.4, -0.2) is 24.7 Å². The number of amides is 1. The van der Waals surface area contributed by atoms with Gasteiger partial charge in [-0.05, 0) is 36.5 Å². The largest absolute Gasteiger partial charge is 0.491 e. The maximum absolute atomic E-state index is 11.4. The highest BCUT2D eigenvalue weighted by atomic mass is 16.5. The van der Waals surface area contributed by atoms with Gasteiger partial charge in [0.05, 0.1) is 6.10 Å². The Bertz CT molecular complexity index is 462. The average Bonchev–Trinajstić information content (AvgIpc) is 2.93. The minimum atomic E-state index is -0.449. The van der Waals surface area contributed by atoms with Crippen molar-refractivity contribution in [2.24, 2.45) is 5.84 Å². The van der Waals surface area contributed by atoms with E-state index >= 15 is 0 Å². The molecule has 1 aromatic rings. The first kappa shape index (κ1) is 14.8. The zero-order chi connectivity index (χ0) is 14.5. The molecular formula is C15H22N2O3. The molecule has 1 fully saturated rings. The highest BCUT2D eigenvalue weighted by Gasteiger charge is 2.30. The predicted molar refractivity (Wildman–Crippen MR) is 76.3 cm³/mol. The summed E-state index contributed by atoms with van der Waals surface area (Å²) in [7, 11) is 0. The molecule has 3 N–H and O–H groups in total. The smallest absolute Gasteiger partial charge is 0.263 e. The van der Waals surface area contributed by atoms with E-state index in [2.05, 4.69) is 25.3 Å². The van der Waals surface area contributed by atoms with Crippen molar-refractivity contribution >= 4 is 5.91 Å². The zero-order valence-corrected chi connectivity index (χ0v) is 12.0. The lowest BCUT2D eigenvalue weighted by Gasteiger charge is -2.14. The van der Waals surface area contributed by atoms with Crippen LogP contribution in [0.5, 0.6) is 5.75 Å². The molecule has 20 heavy (non-hydrogen) atoms. The Balaban J connectivity index is 1.84. The van der Waals surface area contributed by atoms with Crippen molar-refractivity contribution in [2.75, 3.05) is 6.61 Å². The SMILES string of the molecule is CC(C)c1cccc(OCC2CCC(C(=O)NN)O2)c1. The highest BCUT2D eigenvalue weighted by molar-refractivity contribution is 5.80. The first-order valence-electron chi connectivity index (χ1n) is 6.99. The van der Waals surface area contributed by atoms with Crippen molar-refractivity contribution in [3.8, 4) is 5.75 Å². The second-order valence-electron chi connectivity index (χ2n) is 5.37. The van der Waals surface area contributed by atoms with Gasteiger partial charge in [0, 0.05) is 0 Å². The highest BCUT2D eigenvalue weighted by Crippen LogP contribution is 2.23. The lowest BCUT2D eigenvalue weighted by Crippen LogP contribution is -2.39. The molecule has 2 rings (SSSR count). The summed E-state index contributed by atoms with van der Waals surface area (Å²) in [6, 6.07) is 8.06.